The number of hydrogen-bond acceptors (Lipinski definition) is 6. The number of halogens is 1. The van der Waals surface area contributed by atoms with Crippen molar-refractivity contribution in [1.82, 2.24) is 9.71 Å². The Balaban J connectivity index is 1.81. The van der Waals surface area contributed by atoms with Crippen molar-refractivity contribution >= 4 is 39.8 Å². The number of aromatic nitrogens is 1. The number of anilines is 2. The van der Waals surface area contributed by atoms with Crippen LogP contribution in [0.4, 0.5) is 17.2 Å². The zero-order chi connectivity index (χ0) is 20.5. The van der Waals surface area contributed by atoms with Crippen molar-refractivity contribution in [3.8, 4) is 0 Å². The fourth-order valence-corrected chi connectivity index (χ4v) is 3.64. The fraction of sp³-hybridized carbons (Fsp3) is 0.389. The summed E-state index contributed by atoms with van der Waals surface area (Å²) in [7, 11) is -1.25. The van der Waals surface area contributed by atoms with Gasteiger partial charge in [0.1, 0.15) is 10.7 Å². The van der Waals surface area contributed by atoms with Crippen LogP contribution in [-0.2, 0) is 21.3 Å². The second kappa shape index (κ2) is 7.75. The molecule has 0 aliphatic carbocycles. The predicted octanol–water partition coefficient (Wildman–Crippen LogP) is 3.66. The van der Waals surface area contributed by atoms with Gasteiger partial charge in [-0.05, 0) is 44.5 Å². The molecule has 8 nitrogen and oxygen atoms in total. The Morgan fingerprint density at radius 2 is 1.86 bits per heavy atom. The van der Waals surface area contributed by atoms with Crippen LogP contribution < -0.4 is 10.0 Å². The van der Waals surface area contributed by atoms with Gasteiger partial charge in [-0.3, -0.25) is 10.1 Å². The van der Waals surface area contributed by atoms with Crippen molar-refractivity contribution in [3.05, 3.63) is 57.2 Å². The van der Waals surface area contributed by atoms with E-state index in [4.69, 9.17) is 16.3 Å². The number of nitrogens with one attached hydrogen (secondary N) is 2. The molecule has 1 unspecified atom stereocenters. The van der Waals surface area contributed by atoms with E-state index in [2.05, 4.69) is 15.0 Å². The lowest BCUT2D eigenvalue weighted by molar-refractivity contribution is -0.384. The fourth-order valence-electron chi connectivity index (χ4n) is 2.60. The number of benzene rings is 1. The molecule has 1 aromatic heterocycles. The van der Waals surface area contributed by atoms with Crippen molar-refractivity contribution in [1.29, 1.82) is 0 Å². The lowest BCUT2D eigenvalue weighted by atomic mass is 9.89. The molecule has 1 atom stereocenters. The maximum absolute atomic E-state index is 12.5. The SMILES string of the molecule is CC(C)(C)S(=O)NC1(c2ccc(Nc3nc(Cl)ccc3[N+](=O)[O-])cc2)COC1. The topological polar surface area (TPSA) is 106 Å². The van der Waals surface area contributed by atoms with E-state index in [1.54, 1.807) is 12.1 Å². The minimum atomic E-state index is -1.25. The average Bonchev–Trinajstić information content (AvgIpc) is 2.57. The standard InChI is InChI=1S/C18H21ClN4O4S/c1-17(2,3)28(26)22-18(10-27-11-18)12-4-6-13(7-5-12)20-16-14(23(24)25)8-9-15(19)21-16/h4-9,22H,10-11H2,1-3H3,(H,20,21). The quantitative estimate of drug-likeness (QED) is 0.416. The van der Waals surface area contributed by atoms with E-state index in [1.807, 2.05) is 32.9 Å². The van der Waals surface area contributed by atoms with E-state index in [0.29, 0.717) is 18.9 Å². The summed E-state index contributed by atoms with van der Waals surface area (Å²) in [5.74, 6) is 0.0684. The highest BCUT2D eigenvalue weighted by molar-refractivity contribution is 7.84. The molecule has 10 heteroatoms. The molecule has 0 saturated carbocycles. The summed E-state index contributed by atoms with van der Waals surface area (Å²) in [5.41, 5.74) is 0.862. The lowest BCUT2D eigenvalue weighted by Gasteiger charge is -2.43. The summed E-state index contributed by atoms with van der Waals surface area (Å²) in [6.45, 7) is 6.55. The molecule has 150 valence electrons. The molecular weight excluding hydrogens is 404 g/mol. The monoisotopic (exact) mass is 424 g/mol. The zero-order valence-corrected chi connectivity index (χ0v) is 17.3. The number of pyridine rings is 1. The molecule has 1 fully saturated rings. The highest BCUT2D eigenvalue weighted by atomic mass is 35.5. The molecule has 0 bridgehead atoms. The first-order valence-electron chi connectivity index (χ1n) is 8.57. The van der Waals surface area contributed by atoms with Crippen LogP contribution in [0.3, 0.4) is 0 Å². The average molecular weight is 425 g/mol. The first kappa shape index (κ1) is 20.7. The molecule has 2 N–H and O–H groups in total. The van der Waals surface area contributed by atoms with Gasteiger partial charge in [0.05, 0.1) is 33.9 Å². The molecule has 1 aliphatic heterocycles. The van der Waals surface area contributed by atoms with Crippen molar-refractivity contribution in [2.24, 2.45) is 0 Å². The van der Waals surface area contributed by atoms with Crippen LogP contribution in [0.25, 0.3) is 0 Å². The molecule has 2 heterocycles. The van der Waals surface area contributed by atoms with Crippen LogP contribution in [0.1, 0.15) is 26.3 Å². The molecule has 28 heavy (non-hydrogen) atoms. The van der Waals surface area contributed by atoms with Crippen LogP contribution in [0.2, 0.25) is 5.15 Å². The Bertz CT molecular complexity index is 911. The van der Waals surface area contributed by atoms with Gasteiger partial charge in [0.25, 0.3) is 0 Å². The summed E-state index contributed by atoms with van der Waals surface area (Å²) in [6.07, 6.45) is 0. The van der Waals surface area contributed by atoms with Crippen LogP contribution in [0.5, 0.6) is 0 Å². The van der Waals surface area contributed by atoms with Crippen molar-refractivity contribution in [2.45, 2.75) is 31.1 Å². The smallest absolute Gasteiger partial charge is 0.311 e. The van der Waals surface area contributed by atoms with E-state index in [1.165, 1.54) is 12.1 Å². The highest BCUT2D eigenvalue weighted by Gasteiger charge is 2.43. The Morgan fingerprint density at radius 3 is 2.36 bits per heavy atom. The molecule has 1 saturated heterocycles. The lowest BCUT2D eigenvalue weighted by Crippen LogP contribution is -2.59. The maximum Gasteiger partial charge on any atom is 0.311 e. The molecule has 0 radical (unpaired) electrons. The predicted molar refractivity (Wildman–Crippen MR) is 109 cm³/mol. The molecule has 0 amide bonds. The molecule has 3 rings (SSSR count). The third-order valence-electron chi connectivity index (χ3n) is 4.28. The van der Waals surface area contributed by atoms with Gasteiger partial charge < -0.3 is 10.1 Å². The second-order valence-electron chi connectivity index (χ2n) is 7.52. The number of ether oxygens (including phenoxy) is 1. The number of hydrogen-bond donors (Lipinski definition) is 2. The van der Waals surface area contributed by atoms with E-state index >= 15 is 0 Å². The first-order chi connectivity index (χ1) is 13.1. The summed E-state index contributed by atoms with van der Waals surface area (Å²) in [5, 5.41) is 14.3. The maximum atomic E-state index is 12.5. The minimum Gasteiger partial charge on any atom is -0.377 e. The third-order valence-corrected chi connectivity index (χ3v) is 6.18. The first-order valence-corrected chi connectivity index (χ1v) is 10.1. The molecule has 2 aromatic rings. The van der Waals surface area contributed by atoms with Gasteiger partial charge in [-0.15, -0.1) is 0 Å². The van der Waals surface area contributed by atoms with Gasteiger partial charge in [-0.2, -0.15) is 0 Å². The number of nitro groups is 1. The van der Waals surface area contributed by atoms with E-state index in [9.17, 15) is 14.3 Å². The van der Waals surface area contributed by atoms with Gasteiger partial charge in [-0.1, -0.05) is 23.7 Å². The van der Waals surface area contributed by atoms with Gasteiger partial charge >= 0.3 is 5.69 Å². The number of nitrogens with zero attached hydrogens (tertiary/aromatic N) is 2. The van der Waals surface area contributed by atoms with Crippen LogP contribution in [-0.4, -0.2) is 32.1 Å². The molecule has 0 spiro atoms. The normalized spacial score (nSPS) is 16.9. The Hall–Kier alpha value is -2.07. The second-order valence-corrected chi connectivity index (χ2v) is 9.87. The third kappa shape index (κ3) is 4.33. The Labute approximate surface area is 170 Å². The van der Waals surface area contributed by atoms with E-state index in [-0.39, 0.29) is 16.7 Å². The van der Waals surface area contributed by atoms with Gasteiger partial charge in [0.2, 0.25) is 5.82 Å². The molecule has 1 aliphatic rings. The van der Waals surface area contributed by atoms with E-state index in [0.717, 1.165) is 5.56 Å². The van der Waals surface area contributed by atoms with Crippen molar-refractivity contribution in [3.63, 3.8) is 0 Å². The van der Waals surface area contributed by atoms with Gasteiger partial charge in [-0.25, -0.2) is 13.9 Å². The number of rotatable bonds is 6. The van der Waals surface area contributed by atoms with Crippen molar-refractivity contribution in [2.75, 3.05) is 18.5 Å². The van der Waals surface area contributed by atoms with Crippen LogP contribution >= 0.6 is 11.6 Å². The van der Waals surface area contributed by atoms with Crippen molar-refractivity contribution < 1.29 is 13.9 Å². The van der Waals surface area contributed by atoms with Gasteiger partial charge in [0, 0.05) is 11.8 Å². The van der Waals surface area contributed by atoms with Crippen LogP contribution in [0.15, 0.2) is 36.4 Å². The highest BCUT2D eigenvalue weighted by Crippen LogP contribution is 2.33. The summed E-state index contributed by atoms with van der Waals surface area (Å²) < 4.78 is 20.7. The molecule has 1 aromatic carbocycles. The molecular formula is C18H21ClN4O4S. The largest absolute Gasteiger partial charge is 0.377 e. The summed E-state index contributed by atoms with van der Waals surface area (Å²) in [6, 6.07) is 9.97. The van der Waals surface area contributed by atoms with Gasteiger partial charge in [0.15, 0.2) is 0 Å². The minimum absolute atomic E-state index is 0.0684. The van der Waals surface area contributed by atoms with E-state index < -0.39 is 26.2 Å². The Morgan fingerprint density at radius 1 is 1.21 bits per heavy atom. The Kier molecular flexibility index (Phi) is 5.72. The summed E-state index contributed by atoms with van der Waals surface area (Å²) >= 11 is 5.86. The van der Waals surface area contributed by atoms with Crippen LogP contribution in [0, 0.1) is 10.1 Å². The summed E-state index contributed by atoms with van der Waals surface area (Å²) in [4.78, 5) is 14.6. The zero-order valence-electron chi connectivity index (χ0n) is 15.7.